The number of aromatic nitrogens is 4. The number of H-pyrrole nitrogens is 1. The zero-order chi connectivity index (χ0) is 21.3. The van der Waals surface area contributed by atoms with Crippen LogP contribution in [0.15, 0.2) is 51.1 Å². The fraction of sp³-hybridized carbons (Fsp3) is 0.222. The van der Waals surface area contributed by atoms with Crippen molar-refractivity contribution in [2.24, 2.45) is 12.1 Å². The number of hydrogen-bond donors (Lipinski definition) is 2. The molecule has 2 heterocycles. The first kappa shape index (κ1) is 19.7. The van der Waals surface area contributed by atoms with Crippen LogP contribution in [0.4, 0.5) is 11.6 Å². The number of benzene rings is 1. The average Bonchev–Trinajstić information content (AvgIpc) is 3.02. The zero-order valence-corrected chi connectivity index (χ0v) is 16.1. The van der Waals surface area contributed by atoms with Gasteiger partial charge in [0.05, 0.1) is 10.6 Å². The topological polar surface area (TPSA) is 140 Å². The second-order valence-electron chi connectivity index (χ2n) is 6.59. The van der Waals surface area contributed by atoms with Gasteiger partial charge in [-0.1, -0.05) is 24.3 Å². The second-order valence-corrected chi connectivity index (χ2v) is 6.59. The number of hydrogen-bond acceptors (Lipinski definition) is 7. The highest BCUT2D eigenvalue weighted by molar-refractivity contribution is 5.99. The number of fused-ring (bicyclic) bond motifs is 1. The summed E-state index contributed by atoms with van der Waals surface area (Å²) in [6.45, 7) is 7.62. The van der Waals surface area contributed by atoms with E-state index in [4.69, 9.17) is 0 Å². The van der Waals surface area contributed by atoms with Crippen LogP contribution in [0.25, 0.3) is 11.2 Å². The standard InChI is InChI=1S/C18H19N7O4/c1-10(2)9-24-14-15(23(4)18(27)20-16(14)26)19-17(24)22-21-11(3)12-6-5-7-13(8-12)25(28)29/h5-8H,1,9H2,2-4H3,(H,19,22)(H,20,26,27). The molecule has 0 unspecified atom stereocenters. The number of aryl methyl sites for hydroxylation is 1. The number of anilines is 1. The molecule has 150 valence electrons. The Labute approximate surface area is 164 Å². The van der Waals surface area contributed by atoms with Gasteiger partial charge < -0.3 is 0 Å². The first-order valence-electron chi connectivity index (χ1n) is 8.58. The van der Waals surface area contributed by atoms with Gasteiger partial charge in [0.2, 0.25) is 5.95 Å². The number of imidazole rings is 1. The summed E-state index contributed by atoms with van der Waals surface area (Å²) in [5.74, 6) is 0.236. The molecule has 0 aliphatic heterocycles. The van der Waals surface area contributed by atoms with E-state index in [-0.39, 0.29) is 29.3 Å². The number of nitro groups is 1. The summed E-state index contributed by atoms with van der Waals surface area (Å²) in [5.41, 5.74) is 3.80. The SMILES string of the molecule is C=C(C)Cn1c(NN=C(C)c2cccc([N+](=O)[O-])c2)nc2c1c(=O)[nH]c(=O)n2C. The van der Waals surface area contributed by atoms with Gasteiger partial charge in [0.15, 0.2) is 11.2 Å². The van der Waals surface area contributed by atoms with E-state index in [1.807, 2.05) is 0 Å². The predicted octanol–water partition coefficient (Wildman–Crippen LogP) is 1.74. The molecule has 0 radical (unpaired) electrons. The van der Waals surface area contributed by atoms with Gasteiger partial charge in [0.25, 0.3) is 11.2 Å². The fourth-order valence-electron chi connectivity index (χ4n) is 2.79. The quantitative estimate of drug-likeness (QED) is 0.281. The maximum Gasteiger partial charge on any atom is 0.329 e. The number of rotatable bonds is 6. The molecule has 11 nitrogen and oxygen atoms in total. The molecular formula is C18H19N7O4. The minimum atomic E-state index is -0.578. The van der Waals surface area contributed by atoms with E-state index >= 15 is 0 Å². The fourth-order valence-corrected chi connectivity index (χ4v) is 2.79. The highest BCUT2D eigenvalue weighted by atomic mass is 16.6. The lowest BCUT2D eigenvalue weighted by Crippen LogP contribution is -2.29. The Kier molecular flexibility index (Phi) is 5.13. The van der Waals surface area contributed by atoms with E-state index in [2.05, 4.69) is 27.1 Å². The summed E-state index contributed by atoms with van der Waals surface area (Å²) >= 11 is 0. The average molecular weight is 397 g/mol. The van der Waals surface area contributed by atoms with E-state index in [1.165, 1.54) is 23.7 Å². The van der Waals surface area contributed by atoms with Crippen LogP contribution in [-0.4, -0.2) is 29.7 Å². The van der Waals surface area contributed by atoms with Crippen molar-refractivity contribution in [3.05, 3.63) is 72.9 Å². The van der Waals surface area contributed by atoms with E-state index in [1.54, 1.807) is 30.5 Å². The van der Waals surface area contributed by atoms with Crippen LogP contribution < -0.4 is 16.7 Å². The van der Waals surface area contributed by atoms with Crippen LogP contribution in [0.3, 0.4) is 0 Å². The number of aromatic amines is 1. The minimum absolute atomic E-state index is 0.0481. The number of hydrazone groups is 1. The van der Waals surface area contributed by atoms with Gasteiger partial charge in [-0.05, 0) is 13.8 Å². The predicted molar refractivity (Wildman–Crippen MR) is 109 cm³/mol. The summed E-state index contributed by atoms with van der Waals surface area (Å²) in [5, 5.41) is 15.2. The summed E-state index contributed by atoms with van der Waals surface area (Å²) in [4.78, 5) is 41.3. The van der Waals surface area contributed by atoms with Crippen molar-refractivity contribution in [2.45, 2.75) is 20.4 Å². The highest BCUT2D eigenvalue weighted by Crippen LogP contribution is 2.18. The highest BCUT2D eigenvalue weighted by Gasteiger charge is 2.17. The Bertz CT molecular complexity index is 1280. The maximum absolute atomic E-state index is 12.3. The molecule has 29 heavy (non-hydrogen) atoms. The summed E-state index contributed by atoms with van der Waals surface area (Å²) in [6.07, 6.45) is 0. The molecule has 0 bridgehead atoms. The largest absolute Gasteiger partial charge is 0.329 e. The Morgan fingerprint density at radius 3 is 2.76 bits per heavy atom. The molecule has 11 heteroatoms. The normalized spacial score (nSPS) is 11.6. The van der Waals surface area contributed by atoms with Gasteiger partial charge in [0.1, 0.15) is 0 Å². The molecule has 2 N–H and O–H groups in total. The monoisotopic (exact) mass is 397 g/mol. The summed E-state index contributed by atoms with van der Waals surface area (Å²) in [6, 6.07) is 6.06. The molecule has 0 saturated heterocycles. The molecule has 1 aromatic carbocycles. The first-order chi connectivity index (χ1) is 13.7. The molecular weight excluding hydrogens is 378 g/mol. The lowest BCUT2D eigenvalue weighted by atomic mass is 10.1. The van der Waals surface area contributed by atoms with Crippen molar-refractivity contribution in [1.29, 1.82) is 0 Å². The van der Waals surface area contributed by atoms with Crippen LogP contribution in [0.1, 0.15) is 19.4 Å². The Morgan fingerprint density at radius 1 is 1.38 bits per heavy atom. The van der Waals surface area contributed by atoms with E-state index in [0.717, 1.165) is 5.57 Å². The van der Waals surface area contributed by atoms with E-state index in [0.29, 0.717) is 11.3 Å². The molecule has 0 atom stereocenters. The Balaban J connectivity index is 2.08. The van der Waals surface area contributed by atoms with Gasteiger partial charge in [0, 0.05) is 31.3 Å². The molecule has 3 aromatic rings. The molecule has 0 amide bonds. The molecule has 0 aliphatic rings. The van der Waals surface area contributed by atoms with Gasteiger partial charge in [-0.2, -0.15) is 10.1 Å². The third-order valence-corrected chi connectivity index (χ3v) is 4.23. The molecule has 0 spiro atoms. The smallest absolute Gasteiger partial charge is 0.299 e. The third-order valence-electron chi connectivity index (χ3n) is 4.23. The van der Waals surface area contributed by atoms with Gasteiger partial charge >= 0.3 is 5.69 Å². The first-order valence-corrected chi connectivity index (χ1v) is 8.58. The molecule has 3 rings (SSSR count). The van der Waals surface area contributed by atoms with E-state index in [9.17, 15) is 19.7 Å². The number of nitrogens with one attached hydrogen (secondary N) is 2. The number of nitro benzene ring substituents is 1. The summed E-state index contributed by atoms with van der Waals surface area (Å²) in [7, 11) is 1.50. The van der Waals surface area contributed by atoms with Crippen molar-refractivity contribution in [2.75, 3.05) is 5.43 Å². The van der Waals surface area contributed by atoms with Crippen LogP contribution in [-0.2, 0) is 13.6 Å². The van der Waals surface area contributed by atoms with Gasteiger partial charge in [-0.3, -0.25) is 29.0 Å². The molecule has 0 saturated carbocycles. The lowest BCUT2D eigenvalue weighted by Gasteiger charge is -2.08. The molecule has 0 aliphatic carbocycles. The minimum Gasteiger partial charge on any atom is -0.299 e. The van der Waals surface area contributed by atoms with Crippen LogP contribution in [0.5, 0.6) is 0 Å². The number of allylic oxidation sites excluding steroid dienone is 1. The van der Waals surface area contributed by atoms with Crippen LogP contribution >= 0.6 is 0 Å². The van der Waals surface area contributed by atoms with Crippen LogP contribution in [0, 0.1) is 10.1 Å². The number of non-ortho nitro benzene ring substituents is 1. The van der Waals surface area contributed by atoms with Crippen molar-refractivity contribution in [1.82, 2.24) is 19.1 Å². The Morgan fingerprint density at radius 2 is 2.10 bits per heavy atom. The molecule has 2 aromatic heterocycles. The lowest BCUT2D eigenvalue weighted by molar-refractivity contribution is -0.384. The maximum atomic E-state index is 12.3. The van der Waals surface area contributed by atoms with Crippen molar-refractivity contribution >= 4 is 28.5 Å². The van der Waals surface area contributed by atoms with Crippen molar-refractivity contribution in [3.8, 4) is 0 Å². The molecule has 0 fully saturated rings. The van der Waals surface area contributed by atoms with Crippen LogP contribution in [0.2, 0.25) is 0 Å². The van der Waals surface area contributed by atoms with Crippen molar-refractivity contribution < 1.29 is 4.92 Å². The Hall–Kier alpha value is -4.02. The zero-order valence-electron chi connectivity index (χ0n) is 16.1. The van der Waals surface area contributed by atoms with Gasteiger partial charge in [-0.15, -0.1) is 0 Å². The number of nitrogens with zero attached hydrogens (tertiary/aromatic N) is 5. The van der Waals surface area contributed by atoms with E-state index < -0.39 is 16.2 Å². The van der Waals surface area contributed by atoms with Crippen molar-refractivity contribution in [3.63, 3.8) is 0 Å². The summed E-state index contributed by atoms with van der Waals surface area (Å²) < 4.78 is 2.80. The van der Waals surface area contributed by atoms with Gasteiger partial charge in [-0.25, -0.2) is 10.2 Å². The second kappa shape index (κ2) is 7.54. The third kappa shape index (κ3) is 3.83.